The van der Waals surface area contributed by atoms with Gasteiger partial charge in [0.05, 0.1) is 0 Å². The van der Waals surface area contributed by atoms with Crippen molar-refractivity contribution in [2.75, 3.05) is 13.1 Å². The van der Waals surface area contributed by atoms with Crippen molar-refractivity contribution < 1.29 is 9.63 Å². The molecule has 0 fully saturated rings. The minimum absolute atomic E-state index is 0.228. The van der Waals surface area contributed by atoms with Gasteiger partial charge in [0.25, 0.3) is 0 Å². The zero-order valence-corrected chi connectivity index (χ0v) is 8.96. The quantitative estimate of drug-likeness (QED) is 0.485. The molecule has 0 heterocycles. The number of carbonyl (C=O) groups is 1. The van der Waals surface area contributed by atoms with Gasteiger partial charge in [0.2, 0.25) is 0 Å². The summed E-state index contributed by atoms with van der Waals surface area (Å²) in [6.45, 7) is 9.16. The van der Waals surface area contributed by atoms with Crippen LogP contribution in [0.15, 0.2) is 11.6 Å². The van der Waals surface area contributed by atoms with Crippen LogP contribution in [-0.2, 0) is 9.63 Å². The summed E-state index contributed by atoms with van der Waals surface area (Å²) >= 11 is 0. The van der Waals surface area contributed by atoms with E-state index in [4.69, 9.17) is 4.84 Å². The zero-order valence-electron chi connectivity index (χ0n) is 8.96. The van der Waals surface area contributed by atoms with Crippen molar-refractivity contribution in [2.24, 2.45) is 0 Å². The number of nitrogens with zero attached hydrogens (tertiary/aromatic N) is 1. The highest BCUT2D eigenvalue weighted by molar-refractivity contribution is 5.87. The third-order valence-electron chi connectivity index (χ3n) is 1.91. The molecular formula is C10H19NO2. The lowest BCUT2D eigenvalue weighted by Gasteiger charge is -2.17. The Hall–Kier alpha value is -0.830. The van der Waals surface area contributed by atoms with E-state index >= 15 is 0 Å². The topological polar surface area (TPSA) is 29.5 Å². The summed E-state index contributed by atoms with van der Waals surface area (Å²) in [7, 11) is 0. The molecule has 0 aliphatic rings. The Morgan fingerprint density at radius 2 is 1.85 bits per heavy atom. The molecular weight excluding hydrogens is 166 g/mol. The Kier molecular flexibility index (Phi) is 6.24. The predicted octanol–water partition coefficient (Wildman–Crippen LogP) is 2.14. The summed E-state index contributed by atoms with van der Waals surface area (Å²) in [5, 5.41) is 1.64. The molecule has 0 unspecified atom stereocenters. The SMILES string of the molecule is CC=C(CC)C(=O)ON(CC)CC. The monoisotopic (exact) mass is 185 g/mol. The fourth-order valence-electron chi connectivity index (χ4n) is 0.995. The largest absolute Gasteiger partial charge is 0.364 e. The fourth-order valence-corrected chi connectivity index (χ4v) is 0.995. The van der Waals surface area contributed by atoms with Crippen molar-refractivity contribution in [1.82, 2.24) is 5.06 Å². The molecule has 0 aliphatic heterocycles. The Labute approximate surface area is 80.3 Å². The first-order valence-corrected chi connectivity index (χ1v) is 4.81. The van der Waals surface area contributed by atoms with Crippen LogP contribution in [0.4, 0.5) is 0 Å². The molecule has 0 radical (unpaired) electrons. The first-order chi connectivity index (χ1) is 6.19. The molecule has 0 amide bonds. The average molecular weight is 185 g/mol. The second kappa shape index (κ2) is 6.66. The van der Waals surface area contributed by atoms with Gasteiger partial charge in [-0.05, 0) is 27.2 Å². The van der Waals surface area contributed by atoms with Crippen molar-refractivity contribution in [1.29, 1.82) is 0 Å². The number of carbonyl (C=O) groups excluding carboxylic acids is 1. The van der Waals surface area contributed by atoms with Gasteiger partial charge in [-0.25, -0.2) is 4.79 Å². The standard InChI is InChI=1S/C10H19NO2/c1-5-9(6-2)10(12)13-11(7-3)8-4/h5H,6-8H2,1-4H3. The highest BCUT2D eigenvalue weighted by Gasteiger charge is 2.11. The first kappa shape index (κ1) is 12.2. The highest BCUT2D eigenvalue weighted by atomic mass is 16.7. The molecule has 0 rings (SSSR count). The highest BCUT2D eigenvalue weighted by Crippen LogP contribution is 2.04. The van der Waals surface area contributed by atoms with Gasteiger partial charge in [-0.15, -0.1) is 5.06 Å². The second-order valence-electron chi connectivity index (χ2n) is 2.66. The van der Waals surface area contributed by atoms with Gasteiger partial charge < -0.3 is 4.84 Å². The van der Waals surface area contributed by atoms with E-state index in [9.17, 15) is 4.79 Å². The van der Waals surface area contributed by atoms with Crippen LogP contribution in [0.3, 0.4) is 0 Å². The summed E-state index contributed by atoms with van der Waals surface area (Å²) in [6, 6.07) is 0. The number of hydrogen-bond donors (Lipinski definition) is 0. The minimum atomic E-state index is -0.228. The number of allylic oxidation sites excluding steroid dienone is 1. The smallest absolute Gasteiger partial charge is 0.352 e. The summed E-state index contributed by atoms with van der Waals surface area (Å²) in [5.74, 6) is -0.228. The van der Waals surface area contributed by atoms with E-state index in [0.29, 0.717) is 0 Å². The molecule has 0 saturated heterocycles. The van der Waals surface area contributed by atoms with Crippen LogP contribution in [-0.4, -0.2) is 24.1 Å². The molecule has 0 N–H and O–H groups in total. The van der Waals surface area contributed by atoms with Crippen LogP contribution in [0.25, 0.3) is 0 Å². The van der Waals surface area contributed by atoms with Gasteiger partial charge in [-0.1, -0.05) is 13.0 Å². The first-order valence-electron chi connectivity index (χ1n) is 4.81. The van der Waals surface area contributed by atoms with Crippen LogP contribution >= 0.6 is 0 Å². The summed E-state index contributed by atoms with van der Waals surface area (Å²) in [5.41, 5.74) is 0.729. The Balaban J connectivity index is 4.12. The minimum Gasteiger partial charge on any atom is -0.364 e. The Morgan fingerprint density at radius 3 is 2.15 bits per heavy atom. The maximum absolute atomic E-state index is 11.4. The molecule has 0 aromatic carbocycles. The number of hydrogen-bond acceptors (Lipinski definition) is 3. The van der Waals surface area contributed by atoms with Gasteiger partial charge in [-0.3, -0.25) is 0 Å². The van der Waals surface area contributed by atoms with Crippen LogP contribution < -0.4 is 0 Å². The third-order valence-corrected chi connectivity index (χ3v) is 1.91. The molecule has 3 heteroatoms. The second-order valence-corrected chi connectivity index (χ2v) is 2.66. The number of hydroxylamine groups is 2. The molecule has 0 aromatic rings. The van der Waals surface area contributed by atoms with Crippen molar-refractivity contribution in [3.8, 4) is 0 Å². The summed E-state index contributed by atoms with van der Waals surface area (Å²) < 4.78 is 0. The van der Waals surface area contributed by atoms with Crippen molar-refractivity contribution in [2.45, 2.75) is 34.1 Å². The lowest BCUT2D eigenvalue weighted by molar-refractivity contribution is -0.183. The van der Waals surface area contributed by atoms with Crippen molar-refractivity contribution in [3.63, 3.8) is 0 Å². The third kappa shape index (κ3) is 4.08. The normalized spacial score (nSPS) is 11.9. The van der Waals surface area contributed by atoms with Gasteiger partial charge in [0.1, 0.15) is 0 Å². The lowest BCUT2D eigenvalue weighted by atomic mass is 10.2. The van der Waals surface area contributed by atoms with Crippen LogP contribution in [0.1, 0.15) is 34.1 Å². The number of rotatable bonds is 5. The van der Waals surface area contributed by atoms with E-state index in [-0.39, 0.29) is 5.97 Å². The van der Waals surface area contributed by atoms with Crippen molar-refractivity contribution >= 4 is 5.97 Å². The molecule has 0 bridgehead atoms. The molecule has 76 valence electrons. The molecule has 3 nitrogen and oxygen atoms in total. The molecule has 13 heavy (non-hydrogen) atoms. The maximum atomic E-state index is 11.4. The van der Waals surface area contributed by atoms with E-state index in [1.807, 2.05) is 27.7 Å². The molecule has 0 saturated carbocycles. The molecule has 0 spiro atoms. The summed E-state index contributed by atoms with van der Waals surface area (Å²) in [6.07, 6.45) is 2.52. The summed E-state index contributed by atoms with van der Waals surface area (Å²) in [4.78, 5) is 16.5. The van der Waals surface area contributed by atoms with Crippen LogP contribution in [0.5, 0.6) is 0 Å². The van der Waals surface area contributed by atoms with E-state index in [2.05, 4.69) is 0 Å². The van der Waals surface area contributed by atoms with E-state index in [1.165, 1.54) is 0 Å². The molecule has 0 aromatic heterocycles. The molecule has 0 aliphatic carbocycles. The lowest BCUT2D eigenvalue weighted by Crippen LogP contribution is -2.27. The fraction of sp³-hybridized carbons (Fsp3) is 0.700. The Morgan fingerprint density at radius 1 is 1.31 bits per heavy atom. The average Bonchev–Trinajstić information content (AvgIpc) is 2.16. The maximum Gasteiger partial charge on any atom is 0.352 e. The van der Waals surface area contributed by atoms with Gasteiger partial charge in [0, 0.05) is 18.7 Å². The van der Waals surface area contributed by atoms with Gasteiger partial charge >= 0.3 is 5.97 Å². The Bertz CT molecular complexity index is 183. The van der Waals surface area contributed by atoms with Crippen molar-refractivity contribution in [3.05, 3.63) is 11.6 Å². The van der Waals surface area contributed by atoms with Crippen LogP contribution in [0.2, 0.25) is 0 Å². The van der Waals surface area contributed by atoms with Crippen LogP contribution in [0, 0.1) is 0 Å². The van der Waals surface area contributed by atoms with E-state index in [0.717, 1.165) is 25.1 Å². The zero-order chi connectivity index (χ0) is 10.3. The van der Waals surface area contributed by atoms with Gasteiger partial charge in [0.15, 0.2) is 0 Å². The predicted molar refractivity (Wildman–Crippen MR) is 53.1 cm³/mol. The van der Waals surface area contributed by atoms with E-state index < -0.39 is 0 Å². The van der Waals surface area contributed by atoms with E-state index in [1.54, 1.807) is 11.1 Å². The molecule has 0 atom stereocenters. The van der Waals surface area contributed by atoms with Gasteiger partial charge in [-0.2, -0.15) is 0 Å².